The summed E-state index contributed by atoms with van der Waals surface area (Å²) in [6, 6.07) is 17.5. The Hall–Kier alpha value is -2.04. The van der Waals surface area contributed by atoms with Crippen LogP contribution in [0.4, 0.5) is 4.39 Å². The highest BCUT2D eigenvalue weighted by atomic mass is 19.1. The van der Waals surface area contributed by atoms with Crippen LogP contribution in [0.1, 0.15) is 36.8 Å². The van der Waals surface area contributed by atoms with E-state index in [9.17, 15) is 9.18 Å². The average Bonchev–Trinajstić information content (AvgIpc) is 3.12. The molecule has 2 aromatic carbocycles. The number of hydrogen-bond donors (Lipinski definition) is 0. The minimum atomic E-state index is -0.164. The van der Waals surface area contributed by atoms with E-state index >= 15 is 0 Å². The summed E-state index contributed by atoms with van der Waals surface area (Å²) in [5.41, 5.74) is 2.57. The first-order valence-electron chi connectivity index (χ1n) is 10.8. The van der Waals surface area contributed by atoms with E-state index in [1.165, 1.54) is 11.1 Å². The van der Waals surface area contributed by atoms with Crippen LogP contribution in [0.3, 0.4) is 0 Å². The number of rotatable bonds is 6. The normalized spacial score (nSPS) is 24.1. The molecule has 0 bridgehead atoms. The third-order valence-corrected chi connectivity index (χ3v) is 6.71. The molecule has 2 fully saturated rings. The van der Waals surface area contributed by atoms with Gasteiger partial charge in [0.25, 0.3) is 0 Å². The summed E-state index contributed by atoms with van der Waals surface area (Å²) in [7, 11) is 0. The molecule has 2 aromatic rings. The minimum Gasteiger partial charge on any atom is -0.303 e. The second-order valence-electron chi connectivity index (χ2n) is 8.78. The van der Waals surface area contributed by atoms with Crippen molar-refractivity contribution in [3.8, 4) is 0 Å². The molecule has 2 aliphatic rings. The molecule has 4 rings (SSSR count). The van der Waals surface area contributed by atoms with Crippen molar-refractivity contribution < 1.29 is 9.18 Å². The number of carbonyl (C=O) groups is 1. The number of benzene rings is 2. The van der Waals surface area contributed by atoms with Crippen molar-refractivity contribution in [3.05, 3.63) is 71.5 Å². The molecule has 2 atom stereocenters. The SMILES string of the molecule is CC(=O)C1CN(Cc2ccccc2)CC1CN1CCC(c2ccc(F)cc2)CC1. The quantitative estimate of drug-likeness (QED) is 0.728. The maximum atomic E-state index is 13.2. The van der Waals surface area contributed by atoms with E-state index in [0.717, 1.165) is 52.1 Å². The van der Waals surface area contributed by atoms with E-state index in [2.05, 4.69) is 34.1 Å². The number of hydrogen-bond acceptors (Lipinski definition) is 3. The van der Waals surface area contributed by atoms with Gasteiger partial charge in [-0.1, -0.05) is 42.5 Å². The van der Waals surface area contributed by atoms with Gasteiger partial charge >= 0.3 is 0 Å². The monoisotopic (exact) mass is 394 g/mol. The molecular weight excluding hydrogens is 363 g/mol. The smallest absolute Gasteiger partial charge is 0.134 e. The summed E-state index contributed by atoms with van der Waals surface area (Å²) in [6.07, 6.45) is 2.22. The number of likely N-dealkylation sites (tertiary alicyclic amines) is 2. The minimum absolute atomic E-state index is 0.147. The molecule has 0 saturated carbocycles. The van der Waals surface area contributed by atoms with E-state index in [1.807, 2.05) is 18.2 Å². The van der Waals surface area contributed by atoms with Gasteiger partial charge in [0.1, 0.15) is 11.6 Å². The van der Waals surface area contributed by atoms with Crippen molar-refractivity contribution in [1.82, 2.24) is 9.80 Å². The van der Waals surface area contributed by atoms with Gasteiger partial charge in [0, 0.05) is 32.1 Å². The van der Waals surface area contributed by atoms with E-state index in [-0.39, 0.29) is 11.7 Å². The van der Waals surface area contributed by atoms with Crippen molar-refractivity contribution in [2.45, 2.75) is 32.2 Å². The topological polar surface area (TPSA) is 23.6 Å². The highest BCUT2D eigenvalue weighted by Crippen LogP contribution is 2.31. The van der Waals surface area contributed by atoms with Gasteiger partial charge in [0.05, 0.1) is 0 Å². The van der Waals surface area contributed by atoms with Gasteiger partial charge in [-0.25, -0.2) is 4.39 Å². The number of Topliss-reactive ketones (excluding diaryl/α,β-unsaturated/α-hetero) is 1. The van der Waals surface area contributed by atoms with Crippen molar-refractivity contribution >= 4 is 5.78 Å². The fraction of sp³-hybridized carbons (Fsp3) is 0.480. The molecular formula is C25H31FN2O. The number of piperidine rings is 1. The summed E-state index contributed by atoms with van der Waals surface area (Å²) in [6.45, 7) is 7.67. The molecule has 2 aliphatic heterocycles. The number of carbonyl (C=O) groups excluding carboxylic acids is 1. The Morgan fingerprint density at radius 1 is 0.966 bits per heavy atom. The fourth-order valence-corrected chi connectivity index (χ4v) is 5.09. The molecule has 3 nitrogen and oxygen atoms in total. The van der Waals surface area contributed by atoms with Crippen molar-refractivity contribution in [1.29, 1.82) is 0 Å². The first-order chi connectivity index (χ1) is 14.1. The molecule has 2 unspecified atom stereocenters. The molecule has 154 valence electrons. The van der Waals surface area contributed by atoms with Crippen LogP contribution in [-0.4, -0.2) is 48.3 Å². The van der Waals surface area contributed by atoms with Crippen LogP contribution in [0.5, 0.6) is 0 Å². The van der Waals surface area contributed by atoms with E-state index in [0.29, 0.717) is 17.6 Å². The summed E-state index contributed by atoms with van der Waals surface area (Å²) in [5, 5.41) is 0. The van der Waals surface area contributed by atoms with Crippen LogP contribution in [0.15, 0.2) is 54.6 Å². The Labute approximate surface area is 173 Å². The largest absolute Gasteiger partial charge is 0.303 e. The lowest BCUT2D eigenvalue weighted by atomic mass is 9.87. The second kappa shape index (κ2) is 9.19. The molecule has 0 aliphatic carbocycles. The maximum absolute atomic E-state index is 13.2. The third kappa shape index (κ3) is 5.12. The maximum Gasteiger partial charge on any atom is 0.134 e. The van der Waals surface area contributed by atoms with Crippen LogP contribution >= 0.6 is 0 Å². The number of halogens is 1. The zero-order chi connectivity index (χ0) is 20.2. The van der Waals surface area contributed by atoms with Crippen LogP contribution in [0, 0.1) is 17.7 Å². The lowest BCUT2D eigenvalue weighted by molar-refractivity contribution is -0.121. The summed E-state index contributed by atoms with van der Waals surface area (Å²) >= 11 is 0. The lowest BCUT2D eigenvalue weighted by Crippen LogP contribution is -2.39. The van der Waals surface area contributed by atoms with Gasteiger partial charge in [-0.2, -0.15) is 0 Å². The van der Waals surface area contributed by atoms with E-state index in [4.69, 9.17) is 0 Å². The van der Waals surface area contributed by atoms with Gasteiger partial charge in [-0.15, -0.1) is 0 Å². The highest BCUT2D eigenvalue weighted by Gasteiger charge is 2.37. The number of nitrogens with zero attached hydrogens (tertiary/aromatic N) is 2. The second-order valence-corrected chi connectivity index (χ2v) is 8.78. The van der Waals surface area contributed by atoms with Gasteiger partial charge in [-0.3, -0.25) is 9.69 Å². The van der Waals surface area contributed by atoms with Crippen molar-refractivity contribution in [2.75, 3.05) is 32.7 Å². The molecule has 2 heterocycles. The lowest BCUT2D eigenvalue weighted by Gasteiger charge is -2.34. The predicted octanol–water partition coefficient (Wildman–Crippen LogP) is 4.34. The Morgan fingerprint density at radius 2 is 1.66 bits per heavy atom. The highest BCUT2D eigenvalue weighted by molar-refractivity contribution is 5.79. The van der Waals surface area contributed by atoms with Crippen molar-refractivity contribution in [3.63, 3.8) is 0 Å². The fourth-order valence-electron chi connectivity index (χ4n) is 5.09. The van der Waals surface area contributed by atoms with Crippen LogP contribution in [0.2, 0.25) is 0 Å². The van der Waals surface area contributed by atoms with Gasteiger partial charge in [0.15, 0.2) is 0 Å². The molecule has 0 spiro atoms. The standard InChI is InChI=1S/C25H31FN2O/c1-19(29)25-18-28(15-20-5-3-2-4-6-20)17-23(25)16-27-13-11-22(12-14-27)21-7-9-24(26)10-8-21/h2-10,22-23,25H,11-18H2,1H3. The summed E-state index contributed by atoms with van der Waals surface area (Å²) < 4.78 is 13.2. The Balaban J connectivity index is 1.32. The zero-order valence-corrected chi connectivity index (χ0v) is 17.3. The van der Waals surface area contributed by atoms with Gasteiger partial charge < -0.3 is 4.90 Å². The molecule has 0 N–H and O–H groups in total. The Bertz CT molecular complexity index is 799. The summed E-state index contributed by atoms with van der Waals surface area (Å²) in [4.78, 5) is 17.3. The summed E-state index contributed by atoms with van der Waals surface area (Å²) in [5.74, 6) is 1.25. The molecule has 0 amide bonds. The van der Waals surface area contributed by atoms with E-state index in [1.54, 1.807) is 19.1 Å². The van der Waals surface area contributed by atoms with Gasteiger partial charge in [0.2, 0.25) is 0 Å². The molecule has 29 heavy (non-hydrogen) atoms. The molecule has 2 saturated heterocycles. The Kier molecular flexibility index (Phi) is 6.41. The third-order valence-electron chi connectivity index (χ3n) is 6.71. The Morgan fingerprint density at radius 3 is 2.31 bits per heavy atom. The zero-order valence-electron chi connectivity index (χ0n) is 17.3. The molecule has 4 heteroatoms. The first-order valence-corrected chi connectivity index (χ1v) is 10.8. The van der Waals surface area contributed by atoms with Crippen LogP contribution in [-0.2, 0) is 11.3 Å². The molecule has 0 aromatic heterocycles. The first kappa shape index (κ1) is 20.2. The molecule has 0 radical (unpaired) electrons. The average molecular weight is 395 g/mol. The van der Waals surface area contributed by atoms with Crippen LogP contribution in [0.25, 0.3) is 0 Å². The van der Waals surface area contributed by atoms with Gasteiger partial charge in [-0.05, 0) is 68.0 Å². The number of ketones is 1. The van der Waals surface area contributed by atoms with Crippen LogP contribution < -0.4 is 0 Å². The van der Waals surface area contributed by atoms with Crippen molar-refractivity contribution in [2.24, 2.45) is 11.8 Å². The van der Waals surface area contributed by atoms with E-state index < -0.39 is 0 Å². The predicted molar refractivity (Wildman–Crippen MR) is 114 cm³/mol.